The minimum Gasteiger partial charge on any atom is -0.352 e. The second-order valence-corrected chi connectivity index (χ2v) is 6.49. The molecule has 3 aromatic rings. The van der Waals surface area contributed by atoms with E-state index in [0.29, 0.717) is 24.2 Å². The molecule has 144 valence electrons. The van der Waals surface area contributed by atoms with E-state index in [1.165, 1.54) is 0 Å². The largest absolute Gasteiger partial charge is 0.352 e. The first kappa shape index (κ1) is 19.4. The van der Waals surface area contributed by atoms with Crippen LogP contribution in [0.3, 0.4) is 0 Å². The van der Waals surface area contributed by atoms with Gasteiger partial charge in [0.2, 0.25) is 0 Å². The molecular formula is C22H24N4O2. The highest BCUT2D eigenvalue weighted by molar-refractivity contribution is 5.95. The Bertz CT molecular complexity index is 901. The Morgan fingerprint density at radius 1 is 0.929 bits per heavy atom. The summed E-state index contributed by atoms with van der Waals surface area (Å²) in [5.74, 6) is -0.213. The number of rotatable bonds is 8. The number of carbonyl (C=O) groups excluding carboxylic acids is 2. The Labute approximate surface area is 164 Å². The van der Waals surface area contributed by atoms with Crippen LogP contribution in [0, 0.1) is 0 Å². The van der Waals surface area contributed by atoms with Crippen LogP contribution in [0.15, 0.2) is 67.0 Å². The van der Waals surface area contributed by atoms with Crippen LogP contribution in [0.1, 0.15) is 46.0 Å². The highest BCUT2D eigenvalue weighted by Crippen LogP contribution is 2.09. The predicted molar refractivity (Wildman–Crippen MR) is 108 cm³/mol. The molecule has 3 rings (SSSR count). The Morgan fingerprint density at radius 2 is 1.57 bits per heavy atom. The molecule has 0 aliphatic carbocycles. The number of benzene rings is 2. The molecule has 0 saturated carbocycles. The monoisotopic (exact) mass is 376 g/mol. The van der Waals surface area contributed by atoms with Crippen LogP contribution in [0.4, 0.5) is 0 Å². The van der Waals surface area contributed by atoms with E-state index in [4.69, 9.17) is 0 Å². The number of nitrogens with zero attached hydrogens (tertiary/aromatic N) is 2. The molecule has 0 bridgehead atoms. The van der Waals surface area contributed by atoms with Crippen molar-refractivity contribution in [2.24, 2.45) is 0 Å². The molecule has 0 aliphatic heterocycles. The summed E-state index contributed by atoms with van der Waals surface area (Å²) in [6.07, 6.45) is 5.58. The third kappa shape index (κ3) is 5.07. The van der Waals surface area contributed by atoms with Crippen molar-refractivity contribution < 1.29 is 9.59 Å². The third-order valence-corrected chi connectivity index (χ3v) is 4.38. The number of hydrogen-bond donors (Lipinski definition) is 2. The van der Waals surface area contributed by atoms with E-state index in [9.17, 15) is 9.59 Å². The fourth-order valence-corrected chi connectivity index (χ4v) is 2.73. The van der Waals surface area contributed by atoms with Crippen molar-refractivity contribution in [2.45, 2.75) is 26.3 Å². The summed E-state index contributed by atoms with van der Waals surface area (Å²) < 4.78 is 1.74. The average Bonchev–Trinajstić information content (AvgIpc) is 3.27. The maximum Gasteiger partial charge on any atom is 0.251 e. The highest BCUT2D eigenvalue weighted by atomic mass is 16.2. The van der Waals surface area contributed by atoms with Gasteiger partial charge < -0.3 is 10.6 Å². The lowest BCUT2D eigenvalue weighted by atomic mass is 10.1. The number of carbonyl (C=O) groups is 2. The standard InChI is InChI=1S/C22H24N4O2/c1-2-3-13-23-21(27)18-7-5-17(6-8-18)16-24-22(28)19-9-11-20(12-10-19)26-15-4-14-25-26/h4-12,14-15H,2-3,13,16H2,1H3,(H,23,27)(H,24,28). The number of aromatic nitrogens is 2. The van der Waals surface area contributed by atoms with Gasteiger partial charge in [0, 0.05) is 36.6 Å². The lowest BCUT2D eigenvalue weighted by Gasteiger charge is -2.08. The smallest absolute Gasteiger partial charge is 0.251 e. The fourth-order valence-electron chi connectivity index (χ4n) is 2.73. The van der Waals surface area contributed by atoms with Gasteiger partial charge in [-0.25, -0.2) is 4.68 Å². The topological polar surface area (TPSA) is 76.0 Å². The lowest BCUT2D eigenvalue weighted by Crippen LogP contribution is -2.24. The molecule has 0 atom stereocenters. The molecule has 6 heteroatoms. The molecule has 2 amide bonds. The first-order valence-electron chi connectivity index (χ1n) is 9.43. The minimum absolute atomic E-state index is 0.0682. The zero-order chi connectivity index (χ0) is 19.8. The molecule has 0 aliphatic rings. The molecular weight excluding hydrogens is 352 g/mol. The van der Waals surface area contributed by atoms with Gasteiger partial charge in [0.1, 0.15) is 0 Å². The van der Waals surface area contributed by atoms with Crippen molar-refractivity contribution in [3.8, 4) is 5.69 Å². The zero-order valence-electron chi connectivity index (χ0n) is 15.9. The number of amides is 2. The SMILES string of the molecule is CCCCNC(=O)c1ccc(CNC(=O)c2ccc(-n3cccn3)cc2)cc1. The van der Waals surface area contributed by atoms with Crippen LogP contribution in [-0.2, 0) is 6.54 Å². The molecule has 2 N–H and O–H groups in total. The number of unbranched alkanes of at least 4 members (excludes halogenated alkanes) is 1. The second-order valence-electron chi connectivity index (χ2n) is 6.49. The first-order valence-corrected chi connectivity index (χ1v) is 9.43. The van der Waals surface area contributed by atoms with Gasteiger partial charge in [-0.2, -0.15) is 5.10 Å². The third-order valence-electron chi connectivity index (χ3n) is 4.38. The van der Waals surface area contributed by atoms with E-state index >= 15 is 0 Å². The summed E-state index contributed by atoms with van der Waals surface area (Å²) in [6, 6.07) is 16.4. The van der Waals surface area contributed by atoms with E-state index < -0.39 is 0 Å². The highest BCUT2D eigenvalue weighted by Gasteiger charge is 2.07. The molecule has 0 unspecified atom stereocenters. The molecule has 6 nitrogen and oxygen atoms in total. The molecule has 0 radical (unpaired) electrons. The van der Waals surface area contributed by atoms with E-state index in [2.05, 4.69) is 22.7 Å². The van der Waals surface area contributed by atoms with Gasteiger partial charge in [0.15, 0.2) is 0 Å². The van der Waals surface area contributed by atoms with Gasteiger partial charge in [-0.05, 0) is 54.4 Å². The molecule has 1 heterocycles. The summed E-state index contributed by atoms with van der Waals surface area (Å²) in [7, 11) is 0. The molecule has 0 saturated heterocycles. The Kier molecular flexibility index (Phi) is 6.57. The van der Waals surface area contributed by atoms with Gasteiger partial charge in [-0.3, -0.25) is 9.59 Å². The lowest BCUT2D eigenvalue weighted by molar-refractivity contribution is 0.0942. The van der Waals surface area contributed by atoms with E-state index in [1.807, 2.05) is 36.5 Å². The summed E-state index contributed by atoms with van der Waals surface area (Å²) >= 11 is 0. The average molecular weight is 376 g/mol. The molecule has 28 heavy (non-hydrogen) atoms. The molecule has 0 spiro atoms. The van der Waals surface area contributed by atoms with Gasteiger partial charge in [-0.1, -0.05) is 25.5 Å². The van der Waals surface area contributed by atoms with Crippen LogP contribution in [0.2, 0.25) is 0 Å². The van der Waals surface area contributed by atoms with E-state index in [0.717, 1.165) is 24.1 Å². The summed E-state index contributed by atoms with van der Waals surface area (Å²) in [4.78, 5) is 24.3. The van der Waals surface area contributed by atoms with Crippen LogP contribution >= 0.6 is 0 Å². The van der Waals surface area contributed by atoms with Crippen molar-refractivity contribution in [1.29, 1.82) is 0 Å². The van der Waals surface area contributed by atoms with Crippen molar-refractivity contribution in [2.75, 3.05) is 6.54 Å². The summed E-state index contributed by atoms with van der Waals surface area (Å²) in [5.41, 5.74) is 3.05. The van der Waals surface area contributed by atoms with Crippen LogP contribution in [-0.4, -0.2) is 28.1 Å². The summed E-state index contributed by atoms with van der Waals surface area (Å²) in [5, 5.41) is 9.95. The quantitative estimate of drug-likeness (QED) is 0.592. The van der Waals surface area contributed by atoms with E-state index in [1.54, 1.807) is 35.1 Å². The fraction of sp³-hybridized carbons (Fsp3) is 0.227. The molecule has 0 fully saturated rings. The second kappa shape index (κ2) is 9.50. The first-order chi connectivity index (χ1) is 13.7. The van der Waals surface area contributed by atoms with Gasteiger partial charge >= 0.3 is 0 Å². The van der Waals surface area contributed by atoms with Gasteiger partial charge in [0.25, 0.3) is 11.8 Å². The van der Waals surface area contributed by atoms with Gasteiger partial charge in [-0.15, -0.1) is 0 Å². The number of hydrogen-bond acceptors (Lipinski definition) is 3. The van der Waals surface area contributed by atoms with Crippen LogP contribution < -0.4 is 10.6 Å². The zero-order valence-corrected chi connectivity index (χ0v) is 15.9. The van der Waals surface area contributed by atoms with Crippen molar-refractivity contribution in [1.82, 2.24) is 20.4 Å². The van der Waals surface area contributed by atoms with Crippen molar-refractivity contribution >= 4 is 11.8 Å². The minimum atomic E-state index is -0.145. The Balaban J connectivity index is 1.52. The maximum absolute atomic E-state index is 12.3. The van der Waals surface area contributed by atoms with Crippen molar-refractivity contribution in [3.05, 3.63) is 83.7 Å². The van der Waals surface area contributed by atoms with Crippen LogP contribution in [0.25, 0.3) is 5.69 Å². The molecule has 2 aromatic carbocycles. The Hall–Kier alpha value is -3.41. The normalized spacial score (nSPS) is 10.5. The van der Waals surface area contributed by atoms with Gasteiger partial charge in [0.05, 0.1) is 5.69 Å². The van der Waals surface area contributed by atoms with E-state index in [-0.39, 0.29) is 11.8 Å². The maximum atomic E-state index is 12.3. The Morgan fingerprint density at radius 3 is 2.18 bits per heavy atom. The predicted octanol–water partition coefficient (Wildman–Crippen LogP) is 3.33. The summed E-state index contributed by atoms with van der Waals surface area (Å²) in [6.45, 7) is 3.17. The number of nitrogens with one attached hydrogen (secondary N) is 2. The van der Waals surface area contributed by atoms with Crippen molar-refractivity contribution in [3.63, 3.8) is 0 Å². The molecule has 1 aromatic heterocycles. The van der Waals surface area contributed by atoms with Crippen LogP contribution in [0.5, 0.6) is 0 Å².